The van der Waals surface area contributed by atoms with Gasteiger partial charge in [-0.05, 0) is 69.6 Å². The molecule has 2 aromatic rings. The lowest BCUT2D eigenvalue weighted by Crippen LogP contribution is -2.33. The van der Waals surface area contributed by atoms with E-state index >= 15 is 0 Å². The van der Waals surface area contributed by atoms with Gasteiger partial charge in [0.25, 0.3) is 5.88 Å². The summed E-state index contributed by atoms with van der Waals surface area (Å²) >= 11 is 0. The van der Waals surface area contributed by atoms with Crippen molar-refractivity contribution in [2.75, 3.05) is 26.2 Å². The van der Waals surface area contributed by atoms with Gasteiger partial charge in [-0.3, -0.25) is 4.68 Å². The number of ether oxygens (including phenoxy) is 3. The Morgan fingerprint density at radius 3 is 2.62 bits per heavy atom. The predicted octanol–water partition coefficient (Wildman–Crippen LogP) is 3.22. The number of carbonyl (C=O) groups is 2. The first-order valence-electron chi connectivity index (χ1n) is 11.6. The van der Waals surface area contributed by atoms with Gasteiger partial charge in [-0.15, -0.1) is 5.10 Å². The van der Waals surface area contributed by atoms with E-state index in [1.807, 2.05) is 0 Å². The zero-order chi connectivity index (χ0) is 21.9. The molecule has 1 aromatic heterocycles. The standard InChI is InChI=1S/C24H29N3O5/c28-23-24(29)32-21-20-19(31-23)9-6-13-27(20)25-22(21)30-16-5-4-12-26-14-10-18(11-15-26)17-7-2-1-3-8-17/h1-3,7-8,18-19H,4-6,9-16H2. The Hall–Kier alpha value is -2.87. The molecule has 1 saturated heterocycles. The second-order valence-corrected chi connectivity index (χ2v) is 8.75. The van der Waals surface area contributed by atoms with E-state index in [0.29, 0.717) is 31.2 Å². The molecule has 4 heterocycles. The van der Waals surface area contributed by atoms with Crippen LogP contribution in [0.1, 0.15) is 61.8 Å². The zero-order valence-corrected chi connectivity index (χ0v) is 18.2. The van der Waals surface area contributed by atoms with E-state index in [1.54, 1.807) is 4.68 Å². The molecule has 0 N–H and O–H groups in total. The minimum Gasteiger partial charge on any atom is -0.474 e. The van der Waals surface area contributed by atoms with Gasteiger partial charge in [0.2, 0.25) is 5.75 Å². The number of likely N-dealkylation sites (tertiary alicyclic amines) is 1. The van der Waals surface area contributed by atoms with E-state index < -0.39 is 18.0 Å². The lowest BCUT2D eigenvalue weighted by Gasteiger charge is -2.32. The summed E-state index contributed by atoms with van der Waals surface area (Å²) < 4.78 is 18.1. The third-order valence-electron chi connectivity index (χ3n) is 6.63. The van der Waals surface area contributed by atoms with Crippen LogP contribution in [-0.2, 0) is 20.9 Å². The van der Waals surface area contributed by atoms with Crippen LogP contribution in [0.15, 0.2) is 30.3 Å². The maximum Gasteiger partial charge on any atom is 0.423 e. The molecule has 1 fully saturated rings. The second kappa shape index (κ2) is 9.32. The van der Waals surface area contributed by atoms with Crippen LogP contribution in [0, 0.1) is 0 Å². The molecule has 0 saturated carbocycles. The fraction of sp³-hybridized carbons (Fsp3) is 0.542. The number of nitrogens with zero attached hydrogens (tertiary/aromatic N) is 3. The monoisotopic (exact) mass is 439 g/mol. The Morgan fingerprint density at radius 1 is 1.00 bits per heavy atom. The Balaban J connectivity index is 1.09. The largest absolute Gasteiger partial charge is 0.474 e. The van der Waals surface area contributed by atoms with Gasteiger partial charge in [0.05, 0.1) is 6.61 Å². The second-order valence-electron chi connectivity index (χ2n) is 8.75. The third kappa shape index (κ3) is 4.37. The minimum absolute atomic E-state index is 0.244. The Labute approximate surface area is 187 Å². The van der Waals surface area contributed by atoms with Crippen LogP contribution in [0.25, 0.3) is 0 Å². The molecule has 3 aliphatic rings. The molecule has 0 radical (unpaired) electrons. The Kier molecular flexibility index (Phi) is 6.12. The molecule has 8 heteroatoms. The van der Waals surface area contributed by atoms with Crippen LogP contribution in [0.4, 0.5) is 0 Å². The molecule has 1 unspecified atom stereocenters. The van der Waals surface area contributed by atoms with Crippen molar-refractivity contribution in [1.29, 1.82) is 0 Å². The zero-order valence-electron chi connectivity index (χ0n) is 18.2. The fourth-order valence-electron chi connectivity index (χ4n) is 4.92. The number of rotatable bonds is 7. The number of esters is 2. The van der Waals surface area contributed by atoms with Gasteiger partial charge < -0.3 is 19.1 Å². The normalized spacial score (nSPS) is 21.4. The topological polar surface area (TPSA) is 82.9 Å². The van der Waals surface area contributed by atoms with Crippen LogP contribution in [0.3, 0.4) is 0 Å². The van der Waals surface area contributed by atoms with E-state index in [9.17, 15) is 9.59 Å². The first kappa shape index (κ1) is 21.0. The van der Waals surface area contributed by atoms with Crippen LogP contribution < -0.4 is 9.47 Å². The molecule has 0 spiro atoms. The van der Waals surface area contributed by atoms with Gasteiger partial charge in [-0.2, -0.15) is 0 Å². The Bertz CT molecular complexity index is 966. The van der Waals surface area contributed by atoms with Crippen molar-refractivity contribution < 1.29 is 23.8 Å². The highest BCUT2D eigenvalue weighted by molar-refractivity contribution is 6.30. The van der Waals surface area contributed by atoms with Gasteiger partial charge >= 0.3 is 11.9 Å². The number of hydrogen-bond donors (Lipinski definition) is 0. The van der Waals surface area contributed by atoms with Crippen molar-refractivity contribution >= 4 is 11.9 Å². The van der Waals surface area contributed by atoms with E-state index in [0.717, 1.165) is 38.9 Å². The van der Waals surface area contributed by atoms with Gasteiger partial charge in [-0.1, -0.05) is 30.3 Å². The molecule has 32 heavy (non-hydrogen) atoms. The third-order valence-corrected chi connectivity index (χ3v) is 6.63. The van der Waals surface area contributed by atoms with Gasteiger partial charge in [-0.25, -0.2) is 9.59 Å². The quantitative estimate of drug-likeness (QED) is 0.372. The number of benzene rings is 1. The molecule has 3 aliphatic heterocycles. The summed E-state index contributed by atoms with van der Waals surface area (Å²) in [5, 5.41) is 4.45. The van der Waals surface area contributed by atoms with Crippen molar-refractivity contribution in [2.24, 2.45) is 0 Å². The van der Waals surface area contributed by atoms with Gasteiger partial charge in [0, 0.05) is 6.54 Å². The number of aromatic nitrogens is 2. The average molecular weight is 440 g/mol. The molecule has 0 bridgehead atoms. The summed E-state index contributed by atoms with van der Waals surface area (Å²) in [6, 6.07) is 10.8. The molecule has 1 aromatic carbocycles. The van der Waals surface area contributed by atoms with Crippen LogP contribution >= 0.6 is 0 Å². The van der Waals surface area contributed by atoms with E-state index in [1.165, 1.54) is 18.4 Å². The lowest BCUT2D eigenvalue weighted by atomic mass is 9.89. The summed E-state index contributed by atoms with van der Waals surface area (Å²) in [4.78, 5) is 26.2. The highest BCUT2D eigenvalue weighted by Crippen LogP contribution is 2.42. The van der Waals surface area contributed by atoms with Crippen LogP contribution in [0.2, 0.25) is 0 Å². The summed E-state index contributed by atoms with van der Waals surface area (Å²) in [6.45, 7) is 4.49. The van der Waals surface area contributed by atoms with Crippen LogP contribution in [-0.4, -0.2) is 52.9 Å². The minimum atomic E-state index is -1.01. The van der Waals surface area contributed by atoms with Crippen molar-refractivity contribution in [3.63, 3.8) is 0 Å². The smallest absolute Gasteiger partial charge is 0.423 e. The van der Waals surface area contributed by atoms with E-state index in [4.69, 9.17) is 14.2 Å². The number of piperidine rings is 1. The van der Waals surface area contributed by atoms with Gasteiger partial charge in [0.15, 0.2) is 0 Å². The van der Waals surface area contributed by atoms with Crippen molar-refractivity contribution in [3.8, 4) is 11.6 Å². The van der Waals surface area contributed by atoms with Gasteiger partial charge in [0.1, 0.15) is 11.8 Å². The van der Waals surface area contributed by atoms with Crippen LogP contribution in [0.5, 0.6) is 11.6 Å². The number of carbonyl (C=O) groups excluding carboxylic acids is 2. The number of unbranched alkanes of at least 4 members (excludes halogenated alkanes) is 1. The van der Waals surface area contributed by atoms with Crippen molar-refractivity contribution in [3.05, 3.63) is 41.6 Å². The fourth-order valence-corrected chi connectivity index (χ4v) is 4.92. The Morgan fingerprint density at radius 2 is 1.81 bits per heavy atom. The maximum absolute atomic E-state index is 11.9. The highest BCUT2D eigenvalue weighted by Gasteiger charge is 2.39. The first-order valence-corrected chi connectivity index (χ1v) is 11.6. The highest BCUT2D eigenvalue weighted by atomic mass is 16.6. The van der Waals surface area contributed by atoms with E-state index in [2.05, 4.69) is 40.3 Å². The summed E-state index contributed by atoms with van der Waals surface area (Å²) in [7, 11) is 0. The molecule has 1 atom stereocenters. The predicted molar refractivity (Wildman–Crippen MR) is 116 cm³/mol. The molecular formula is C24H29N3O5. The molecule has 170 valence electrons. The maximum atomic E-state index is 11.9. The summed E-state index contributed by atoms with van der Waals surface area (Å²) in [5.74, 6) is -0.775. The number of aryl methyl sites for hydroxylation is 1. The molecule has 0 aliphatic carbocycles. The SMILES string of the molecule is O=C1Oc2c(OCCCCN3CCC(c4ccccc4)CC3)nn3c2C(CCC3)OC1=O. The van der Waals surface area contributed by atoms with Crippen molar-refractivity contribution in [1.82, 2.24) is 14.7 Å². The van der Waals surface area contributed by atoms with E-state index in [-0.39, 0.29) is 11.6 Å². The molecule has 0 amide bonds. The molecular weight excluding hydrogens is 410 g/mol. The molecule has 8 nitrogen and oxygen atoms in total. The van der Waals surface area contributed by atoms with Crippen molar-refractivity contribution in [2.45, 2.75) is 57.1 Å². The number of hydrogen-bond acceptors (Lipinski definition) is 7. The lowest BCUT2D eigenvalue weighted by molar-refractivity contribution is -0.165. The summed E-state index contributed by atoms with van der Waals surface area (Å²) in [6.07, 6.45) is 5.30. The summed E-state index contributed by atoms with van der Waals surface area (Å²) in [5.41, 5.74) is 2.09. The first-order chi connectivity index (χ1) is 15.7. The molecule has 5 rings (SSSR count). The average Bonchev–Trinajstić information content (AvgIpc) is 3.11.